The Morgan fingerprint density at radius 3 is 1.61 bits per heavy atom. The Bertz CT molecular complexity index is 2970. The number of benzene rings is 8. The first-order valence-corrected chi connectivity index (χ1v) is 18.8. The third kappa shape index (κ3) is 4.58. The van der Waals surface area contributed by atoms with E-state index in [1.165, 1.54) is 22.3 Å². The van der Waals surface area contributed by atoms with Crippen molar-refractivity contribution in [1.82, 2.24) is 9.97 Å². The second-order valence-electron chi connectivity index (χ2n) is 14.3. The minimum absolute atomic E-state index is 0.644. The molecule has 4 nitrogen and oxygen atoms in total. The van der Waals surface area contributed by atoms with E-state index in [0.29, 0.717) is 11.4 Å². The van der Waals surface area contributed by atoms with Crippen LogP contribution in [0.1, 0.15) is 27.8 Å². The maximum atomic E-state index is 10.1. The number of rotatable bonds is 4. The van der Waals surface area contributed by atoms with Gasteiger partial charge in [-0.3, -0.25) is 0 Å². The lowest BCUT2D eigenvalue weighted by Crippen LogP contribution is -2.32. The highest BCUT2D eigenvalue weighted by atomic mass is 16.5. The van der Waals surface area contributed by atoms with Crippen molar-refractivity contribution in [2.45, 2.75) is 5.41 Å². The molecule has 2 heterocycles. The fraction of sp³-hybridized carbons (Fsp3) is 0.0192. The summed E-state index contributed by atoms with van der Waals surface area (Å²) in [5.74, 6) is 2.19. The first kappa shape index (κ1) is 31.9. The van der Waals surface area contributed by atoms with Crippen LogP contribution in [0.25, 0.3) is 66.9 Å². The molecule has 11 rings (SSSR count). The Kier molecular flexibility index (Phi) is 7.10. The van der Waals surface area contributed by atoms with Crippen LogP contribution in [0.4, 0.5) is 0 Å². The van der Waals surface area contributed by atoms with Crippen molar-refractivity contribution in [2.24, 2.45) is 0 Å². The van der Waals surface area contributed by atoms with Crippen LogP contribution in [0.15, 0.2) is 188 Å². The van der Waals surface area contributed by atoms with E-state index in [1.54, 1.807) is 0 Å². The van der Waals surface area contributed by atoms with Crippen molar-refractivity contribution in [3.63, 3.8) is 0 Å². The minimum Gasteiger partial charge on any atom is -0.455 e. The molecule has 1 aliphatic heterocycles. The molecule has 0 saturated carbocycles. The molecule has 0 N–H and O–H groups in total. The quantitative estimate of drug-likeness (QED) is 0.182. The van der Waals surface area contributed by atoms with Gasteiger partial charge in [0.15, 0.2) is 5.82 Å². The van der Waals surface area contributed by atoms with Crippen molar-refractivity contribution in [3.8, 4) is 73.7 Å². The van der Waals surface area contributed by atoms with E-state index in [0.717, 1.165) is 72.6 Å². The van der Waals surface area contributed by atoms with Gasteiger partial charge in [-0.1, -0.05) is 170 Å². The van der Waals surface area contributed by atoms with Crippen molar-refractivity contribution >= 4 is 10.8 Å². The molecule has 0 amide bonds. The summed E-state index contributed by atoms with van der Waals surface area (Å²) in [4.78, 5) is 10.4. The Morgan fingerprint density at radius 1 is 0.411 bits per heavy atom. The topological polar surface area (TPSA) is 58.8 Å². The molecule has 1 aliphatic carbocycles. The highest BCUT2D eigenvalue weighted by Gasteiger charge is 2.52. The van der Waals surface area contributed by atoms with Crippen LogP contribution < -0.4 is 4.74 Å². The Hall–Kier alpha value is -7.61. The van der Waals surface area contributed by atoms with Crippen LogP contribution in [0.3, 0.4) is 0 Å². The molecule has 0 bridgehead atoms. The minimum atomic E-state index is -0.692. The molecule has 0 atom stereocenters. The van der Waals surface area contributed by atoms with Gasteiger partial charge in [0.1, 0.15) is 11.5 Å². The Balaban J connectivity index is 1.24. The van der Waals surface area contributed by atoms with Gasteiger partial charge in [-0.25, -0.2) is 9.97 Å². The summed E-state index contributed by atoms with van der Waals surface area (Å²) in [6, 6.07) is 67.6. The standard InChI is InChI=1S/C52H31N3O/c53-32-35-29-30-38(37-20-8-7-19-36(35)37)41-23-13-27-45-49(41)56-50-42(48-31-47(33-15-3-1-4-16-33)54-51(55-48)34-17-5-2-6-18-34)24-14-28-46(50)52(45)43-25-11-9-21-39(43)40-22-10-12-26-44(40)52/h1-31H. The van der Waals surface area contributed by atoms with Gasteiger partial charge < -0.3 is 4.74 Å². The molecule has 8 aromatic carbocycles. The van der Waals surface area contributed by atoms with Crippen LogP contribution in [0.2, 0.25) is 0 Å². The van der Waals surface area contributed by atoms with E-state index < -0.39 is 5.41 Å². The summed E-state index contributed by atoms with van der Waals surface area (Å²) in [5, 5.41) is 12.0. The van der Waals surface area contributed by atoms with E-state index in [4.69, 9.17) is 14.7 Å². The summed E-state index contributed by atoms with van der Waals surface area (Å²) in [7, 11) is 0. The third-order valence-electron chi connectivity index (χ3n) is 11.4. The van der Waals surface area contributed by atoms with Crippen LogP contribution in [0, 0.1) is 11.3 Å². The van der Waals surface area contributed by atoms with Gasteiger partial charge in [0.25, 0.3) is 0 Å². The van der Waals surface area contributed by atoms with Gasteiger partial charge >= 0.3 is 0 Å². The molecule has 1 spiro atoms. The van der Waals surface area contributed by atoms with Gasteiger partial charge in [-0.05, 0) is 51.4 Å². The predicted octanol–water partition coefficient (Wildman–Crippen LogP) is 12.6. The van der Waals surface area contributed by atoms with Gasteiger partial charge in [0, 0.05) is 38.8 Å². The third-order valence-corrected chi connectivity index (χ3v) is 11.4. The molecular formula is C52H31N3O. The smallest absolute Gasteiger partial charge is 0.160 e. The predicted molar refractivity (Wildman–Crippen MR) is 223 cm³/mol. The normalized spacial score (nSPS) is 12.9. The summed E-state index contributed by atoms with van der Waals surface area (Å²) in [6.45, 7) is 0. The van der Waals surface area contributed by atoms with Crippen LogP contribution in [0.5, 0.6) is 11.5 Å². The number of nitrogens with zero attached hydrogens (tertiary/aromatic N) is 3. The number of para-hydroxylation sites is 2. The van der Waals surface area contributed by atoms with Gasteiger partial charge in [0.05, 0.1) is 28.4 Å². The molecule has 1 aromatic heterocycles. The number of aromatic nitrogens is 2. The zero-order valence-electron chi connectivity index (χ0n) is 30.1. The summed E-state index contributed by atoms with van der Waals surface area (Å²) >= 11 is 0. The van der Waals surface area contributed by atoms with Crippen LogP contribution >= 0.6 is 0 Å². The molecule has 260 valence electrons. The number of ether oxygens (including phenoxy) is 1. The maximum absolute atomic E-state index is 10.1. The van der Waals surface area contributed by atoms with Crippen molar-refractivity contribution in [2.75, 3.05) is 0 Å². The number of nitriles is 1. The Labute approximate surface area is 324 Å². The van der Waals surface area contributed by atoms with Gasteiger partial charge in [0.2, 0.25) is 0 Å². The first-order chi connectivity index (χ1) is 27.7. The fourth-order valence-electron chi connectivity index (χ4n) is 9.05. The molecule has 2 aliphatic rings. The van der Waals surface area contributed by atoms with Crippen molar-refractivity contribution in [3.05, 3.63) is 216 Å². The van der Waals surface area contributed by atoms with E-state index in [1.807, 2.05) is 60.7 Å². The van der Waals surface area contributed by atoms with E-state index in [9.17, 15) is 5.26 Å². The second kappa shape index (κ2) is 12.5. The second-order valence-corrected chi connectivity index (χ2v) is 14.3. The summed E-state index contributed by atoms with van der Waals surface area (Å²) in [6.07, 6.45) is 0. The molecule has 0 fully saturated rings. The summed E-state index contributed by atoms with van der Waals surface area (Å²) < 4.78 is 7.44. The van der Waals surface area contributed by atoms with Crippen LogP contribution in [-0.2, 0) is 5.41 Å². The molecule has 0 unspecified atom stereocenters. The van der Waals surface area contributed by atoms with Crippen LogP contribution in [-0.4, -0.2) is 9.97 Å². The lowest BCUT2D eigenvalue weighted by molar-refractivity contribution is 0.439. The highest BCUT2D eigenvalue weighted by Crippen LogP contribution is 2.64. The molecule has 4 heteroatoms. The first-order valence-electron chi connectivity index (χ1n) is 18.8. The molecule has 9 aromatic rings. The molecule has 0 saturated heterocycles. The van der Waals surface area contributed by atoms with Gasteiger partial charge in [-0.2, -0.15) is 5.26 Å². The Morgan fingerprint density at radius 2 is 0.929 bits per heavy atom. The number of fused-ring (bicyclic) bond motifs is 10. The molecule has 0 radical (unpaired) electrons. The van der Waals surface area contributed by atoms with E-state index >= 15 is 0 Å². The average molecular weight is 714 g/mol. The van der Waals surface area contributed by atoms with E-state index in [-0.39, 0.29) is 0 Å². The number of hydrogen-bond donors (Lipinski definition) is 0. The fourth-order valence-corrected chi connectivity index (χ4v) is 9.05. The van der Waals surface area contributed by atoms with Crippen molar-refractivity contribution < 1.29 is 4.74 Å². The maximum Gasteiger partial charge on any atom is 0.160 e. The van der Waals surface area contributed by atoms with Gasteiger partial charge in [-0.15, -0.1) is 0 Å². The summed E-state index contributed by atoms with van der Waals surface area (Å²) in [5.41, 5.74) is 13.3. The largest absolute Gasteiger partial charge is 0.455 e. The average Bonchev–Trinajstić information content (AvgIpc) is 3.57. The number of hydrogen-bond acceptors (Lipinski definition) is 4. The molecule has 56 heavy (non-hydrogen) atoms. The zero-order valence-corrected chi connectivity index (χ0v) is 30.1. The van der Waals surface area contributed by atoms with E-state index in [2.05, 4.69) is 133 Å². The SMILES string of the molecule is N#Cc1ccc(-c2cccc3c2Oc2c(-c4cc(-c5ccccc5)nc(-c5ccccc5)n4)cccc2C32c3ccccc3-c3ccccc32)c2ccccc12. The van der Waals surface area contributed by atoms with Crippen molar-refractivity contribution in [1.29, 1.82) is 5.26 Å². The lowest BCUT2D eigenvalue weighted by atomic mass is 9.65. The highest BCUT2D eigenvalue weighted by molar-refractivity contribution is 6.02. The lowest BCUT2D eigenvalue weighted by Gasteiger charge is -2.40. The molecular weight excluding hydrogens is 683 g/mol. The zero-order chi connectivity index (χ0) is 37.2. The monoisotopic (exact) mass is 713 g/mol.